The summed E-state index contributed by atoms with van der Waals surface area (Å²) in [4.78, 5) is 1.24. The number of hydrogen-bond acceptors (Lipinski definition) is 2. The molecule has 0 aliphatic heterocycles. The van der Waals surface area contributed by atoms with Crippen LogP contribution in [0.5, 0.6) is 0 Å². The highest BCUT2D eigenvalue weighted by atomic mass is 35.5. The van der Waals surface area contributed by atoms with E-state index in [9.17, 15) is 0 Å². The third-order valence-electron chi connectivity index (χ3n) is 3.83. The minimum Gasteiger partial charge on any atom is -0.327 e. The van der Waals surface area contributed by atoms with E-state index in [0.29, 0.717) is 5.92 Å². The minimum atomic E-state index is 0.244. The quantitative estimate of drug-likeness (QED) is 0.824. The first kappa shape index (κ1) is 14.0. The summed E-state index contributed by atoms with van der Waals surface area (Å²) in [5.74, 6) is 1.62. The topological polar surface area (TPSA) is 26.0 Å². The molecular weight excluding hydrogens is 286 g/mol. The number of nitrogens with two attached hydrogens (primary N) is 1. The molecule has 1 aliphatic rings. The molecule has 1 nitrogen and oxygen atoms in total. The van der Waals surface area contributed by atoms with Crippen LogP contribution in [0.15, 0.2) is 53.4 Å². The fourth-order valence-corrected chi connectivity index (χ4v) is 3.74. The number of hydrogen-bond donors (Lipinski definition) is 1. The Labute approximate surface area is 129 Å². The minimum absolute atomic E-state index is 0.244. The average molecular weight is 304 g/mol. The predicted molar refractivity (Wildman–Crippen MR) is 87.7 cm³/mol. The summed E-state index contributed by atoms with van der Waals surface area (Å²) in [6, 6.07) is 16.9. The molecule has 2 N–H and O–H groups in total. The van der Waals surface area contributed by atoms with Crippen molar-refractivity contribution in [3.63, 3.8) is 0 Å². The van der Waals surface area contributed by atoms with Crippen molar-refractivity contribution >= 4 is 23.4 Å². The smallest absolute Gasteiger partial charge is 0.0406 e. The standard InChI is InChI=1S/C17H18ClNS/c18-14-5-7-16(8-6-14)20-11-15(19)10-13-9-12-3-1-2-4-17(12)13/h1-8,13,15H,9-11,19H2. The van der Waals surface area contributed by atoms with Crippen molar-refractivity contribution in [2.75, 3.05) is 5.75 Å². The number of thioether (sulfide) groups is 1. The monoisotopic (exact) mass is 303 g/mol. The molecule has 2 atom stereocenters. The highest BCUT2D eigenvalue weighted by molar-refractivity contribution is 7.99. The number of fused-ring (bicyclic) bond motifs is 1. The van der Waals surface area contributed by atoms with Gasteiger partial charge < -0.3 is 5.73 Å². The second-order valence-corrected chi connectivity index (χ2v) is 6.89. The lowest BCUT2D eigenvalue weighted by Gasteiger charge is -2.32. The van der Waals surface area contributed by atoms with Crippen molar-refractivity contribution in [1.29, 1.82) is 0 Å². The highest BCUT2D eigenvalue weighted by Crippen LogP contribution is 2.38. The Morgan fingerprint density at radius 2 is 1.90 bits per heavy atom. The molecule has 1 aliphatic carbocycles. The summed E-state index contributed by atoms with van der Waals surface area (Å²) < 4.78 is 0. The van der Waals surface area contributed by atoms with Gasteiger partial charge >= 0.3 is 0 Å². The Morgan fingerprint density at radius 1 is 1.15 bits per heavy atom. The van der Waals surface area contributed by atoms with Gasteiger partial charge in [-0.25, -0.2) is 0 Å². The Kier molecular flexibility index (Phi) is 4.35. The maximum atomic E-state index is 6.27. The van der Waals surface area contributed by atoms with E-state index < -0.39 is 0 Å². The average Bonchev–Trinajstić information content (AvgIpc) is 2.44. The molecule has 0 radical (unpaired) electrons. The van der Waals surface area contributed by atoms with Crippen LogP contribution >= 0.6 is 23.4 Å². The molecule has 3 heteroatoms. The summed E-state index contributed by atoms with van der Waals surface area (Å²) in [6.45, 7) is 0. The van der Waals surface area contributed by atoms with Gasteiger partial charge in [-0.2, -0.15) is 0 Å². The molecular formula is C17H18ClNS. The SMILES string of the molecule is NC(CSc1ccc(Cl)cc1)CC1Cc2ccccc21. The van der Waals surface area contributed by atoms with Gasteiger partial charge in [-0.05, 0) is 54.2 Å². The van der Waals surface area contributed by atoms with E-state index in [-0.39, 0.29) is 6.04 Å². The Balaban J connectivity index is 1.49. The van der Waals surface area contributed by atoms with Gasteiger partial charge in [0.1, 0.15) is 0 Å². The Hall–Kier alpha value is -0.960. The third-order valence-corrected chi connectivity index (χ3v) is 5.28. The van der Waals surface area contributed by atoms with Crippen molar-refractivity contribution in [3.8, 4) is 0 Å². The number of halogens is 1. The lowest BCUT2D eigenvalue weighted by molar-refractivity contribution is 0.510. The first-order valence-electron chi connectivity index (χ1n) is 6.94. The maximum Gasteiger partial charge on any atom is 0.0406 e. The molecule has 2 unspecified atom stereocenters. The molecule has 0 bridgehead atoms. The van der Waals surface area contributed by atoms with Crippen LogP contribution in [0, 0.1) is 0 Å². The molecule has 0 heterocycles. The molecule has 0 aromatic heterocycles. The molecule has 0 saturated heterocycles. The normalized spacial score (nSPS) is 18.2. The van der Waals surface area contributed by atoms with Crippen LogP contribution in [0.3, 0.4) is 0 Å². The van der Waals surface area contributed by atoms with Gasteiger partial charge in [0.15, 0.2) is 0 Å². The summed E-state index contributed by atoms with van der Waals surface area (Å²) in [6.07, 6.45) is 2.27. The van der Waals surface area contributed by atoms with Crippen LogP contribution in [0.25, 0.3) is 0 Å². The van der Waals surface area contributed by atoms with Gasteiger partial charge in [0.2, 0.25) is 0 Å². The first-order chi connectivity index (χ1) is 9.72. The van der Waals surface area contributed by atoms with E-state index in [0.717, 1.165) is 17.2 Å². The lowest BCUT2D eigenvalue weighted by atomic mass is 9.75. The van der Waals surface area contributed by atoms with E-state index in [1.807, 2.05) is 23.9 Å². The van der Waals surface area contributed by atoms with Gasteiger partial charge in [-0.3, -0.25) is 0 Å². The maximum absolute atomic E-state index is 6.27. The molecule has 3 rings (SSSR count). The molecule has 0 fully saturated rings. The summed E-state index contributed by atoms with van der Waals surface area (Å²) in [7, 11) is 0. The zero-order chi connectivity index (χ0) is 13.9. The molecule has 0 spiro atoms. The zero-order valence-electron chi connectivity index (χ0n) is 11.3. The van der Waals surface area contributed by atoms with Crippen LogP contribution in [-0.2, 0) is 6.42 Å². The van der Waals surface area contributed by atoms with Gasteiger partial charge in [0.05, 0.1) is 0 Å². The van der Waals surface area contributed by atoms with Crippen LogP contribution in [0.4, 0.5) is 0 Å². The summed E-state index contributed by atoms with van der Waals surface area (Å²) >= 11 is 7.69. The van der Waals surface area contributed by atoms with Crippen LogP contribution < -0.4 is 5.73 Å². The summed E-state index contributed by atoms with van der Waals surface area (Å²) in [5, 5.41) is 0.782. The lowest BCUT2D eigenvalue weighted by Crippen LogP contribution is -2.29. The van der Waals surface area contributed by atoms with Crippen molar-refractivity contribution < 1.29 is 0 Å². The van der Waals surface area contributed by atoms with E-state index >= 15 is 0 Å². The second kappa shape index (κ2) is 6.21. The predicted octanol–water partition coefficient (Wildman–Crippen LogP) is 4.49. The van der Waals surface area contributed by atoms with Gasteiger partial charge in [-0.15, -0.1) is 11.8 Å². The van der Waals surface area contributed by atoms with Gasteiger partial charge in [0, 0.05) is 21.7 Å². The van der Waals surface area contributed by atoms with Crippen LogP contribution in [0.1, 0.15) is 23.5 Å². The zero-order valence-corrected chi connectivity index (χ0v) is 12.8. The van der Waals surface area contributed by atoms with Crippen molar-refractivity contribution in [1.82, 2.24) is 0 Å². The fourth-order valence-electron chi connectivity index (χ4n) is 2.74. The molecule has 20 heavy (non-hydrogen) atoms. The van der Waals surface area contributed by atoms with Crippen LogP contribution in [-0.4, -0.2) is 11.8 Å². The number of rotatable bonds is 5. The molecule has 2 aromatic carbocycles. The van der Waals surface area contributed by atoms with Crippen molar-refractivity contribution in [2.45, 2.75) is 29.7 Å². The molecule has 104 valence electrons. The van der Waals surface area contributed by atoms with E-state index in [1.165, 1.54) is 22.4 Å². The van der Waals surface area contributed by atoms with E-state index in [2.05, 4.69) is 36.4 Å². The van der Waals surface area contributed by atoms with Gasteiger partial charge in [-0.1, -0.05) is 35.9 Å². The van der Waals surface area contributed by atoms with Crippen molar-refractivity contribution in [2.24, 2.45) is 5.73 Å². The van der Waals surface area contributed by atoms with Crippen molar-refractivity contribution in [3.05, 3.63) is 64.7 Å². The number of benzene rings is 2. The largest absolute Gasteiger partial charge is 0.327 e. The highest BCUT2D eigenvalue weighted by Gasteiger charge is 2.26. The molecule has 0 amide bonds. The Morgan fingerprint density at radius 3 is 2.65 bits per heavy atom. The summed E-state index contributed by atoms with van der Waals surface area (Å²) in [5.41, 5.74) is 9.27. The fraction of sp³-hybridized carbons (Fsp3) is 0.294. The second-order valence-electron chi connectivity index (χ2n) is 5.36. The molecule has 0 saturated carbocycles. The third kappa shape index (κ3) is 3.20. The van der Waals surface area contributed by atoms with Gasteiger partial charge in [0.25, 0.3) is 0 Å². The van der Waals surface area contributed by atoms with Crippen LogP contribution in [0.2, 0.25) is 5.02 Å². The molecule has 2 aromatic rings. The van der Waals surface area contributed by atoms with E-state index in [1.54, 1.807) is 0 Å². The first-order valence-corrected chi connectivity index (χ1v) is 8.30. The van der Waals surface area contributed by atoms with E-state index in [4.69, 9.17) is 17.3 Å². The Bertz CT molecular complexity index is 582.